The molecule has 3 rings (SSSR count). The summed E-state index contributed by atoms with van der Waals surface area (Å²) in [6, 6.07) is 7.01. The monoisotopic (exact) mass is 312 g/mol. The van der Waals surface area contributed by atoms with Crippen LogP contribution in [-0.2, 0) is 0 Å². The molecule has 1 aliphatic rings. The summed E-state index contributed by atoms with van der Waals surface area (Å²) in [5, 5.41) is 5.72. The summed E-state index contributed by atoms with van der Waals surface area (Å²) in [4.78, 5) is 20.2. The Morgan fingerprint density at radius 3 is 2.91 bits per heavy atom. The molecule has 1 amide bonds. The molecule has 0 aliphatic carbocycles. The molecule has 1 aromatic heterocycles. The van der Waals surface area contributed by atoms with Gasteiger partial charge >= 0.3 is 0 Å². The molecule has 2 heterocycles. The molecule has 7 heteroatoms. The van der Waals surface area contributed by atoms with Gasteiger partial charge in [-0.3, -0.25) is 4.79 Å². The van der Waals surface area contributed by atoms with Crippen LogP contribution in [0.4, 0.5) is 11.6 Å². The number of carbonyl (C=O) groups is 1. The minimum Gasteiger partial charge on any atom is -0.486 e. The molecule has 0 bridgehead atoms. The first kappa shape index (κ1) is 14.8. The van der Waals surface area contributed by atoms with E-state index in [2.05, 4.69) is 27.2 Å². The van der Waals surface area contributed by atoms with Crippen molar-refractivity contribution in [3.05, 3.63) is 48.8 Å². The van der Waals surface area contributed by atoms with Crippen LogP contribution in [0.15, 0.2) is 43.1 Å². The van der Waals surface area contributed by atoms with Gasteiger partial charge < -0.3 is 20.1 Å². The maximum absolute atomic E-state index is 11.9. The van der Waals surface area contributed by atoms with E-state index < -0.39 is 0 Å². The first-order chi connectivity index (χ1) is 11.3. The first-order valence-electron chi connectivity index (χ1n) is 7.15. The predicted octanol–water partition coefficient (Wildman–Crippen LogP) is 1.91. The highest BCUT2D eigenvalue weighted by Crippen LogP contribution is 2.33. The highest BCUT2D eigenvalue weighted by atomic mass is 16.6. The maximum atomic E-state index is 11.9. The molecule has 23 heavy (non-hydrogen) atoms. The van der Waals surface area contributed by atoms with E-state index in [1.54, 1.807) is 12.1 Å². The number of anilines is 2. The molecule has 0 spiro atoms. The van der Waals surface area contributed by atoms with Crippen molar-refractivity contribution in [1.29, 1.82) is 0 Å². The molecule has 0 radical (unpaired) electrons. The molecule has 0 unspecified atom stereocenters. The molecule has 2 aromatic rings. The van der Waals surface area contributed by atoms with E-state index >= 15 is 0 Å². The third kappa shape index (κ3) is 3.57. The Kier molecular flexibility index (Phi) is 4.37. The van der Waals surface area contributed by atoms with Crippen molar-refractivity contribution in [1.82, 2.24) is 15.3 Å². The second-order valence-electron chi connectivity index (χ2n) is 4.75. The summed E-state index contributed by atoms with van der Waals surface area (Å²) in [7, 11) is 0. The summed E-state index contributed by atoms with van der Waals surface area (Å²) in [6.45, 7) is 5.00. The normalized spacial score (nSPS) is 12.3. The Balaban J connectivity index is 1.75. The fourth-order valence-electron chi connectivity index (χ4n) is 2.05. The lowest BCUT2D eigenvalue weighted by Gasteiger charge is -2.19. The van der Waals surface area contributed by atoms with Gasteiger partial charge in [0.2, 0.25) is 5.95 Å². The lowest BCUT2D eigenvalue weighted by Crippen LogP contribution is -2.24. The van der Waals surface area contributed by atoms with Gasteiger partial charge in [-0.15, -0.1) is 6.58 Å². The van der Waals surface area contributed by atoms with E-state index in [9.17, 15) is 4.79 Å². The first-order valence-corrected chi connectivity index (χ1v) is 7.15. The Morgan fingerprint density at radius 2 is 2.09 bits per heavy atom. The van der Waals surface area contributed by atoms with Crippen LogP contribution in [0, 0.1) is 0 Å². The second kappa shape index (κ2) is 6.78. The lowest BCUT2D eigenvalue weighted by atomic mass is 10.2. The molecule has 0 atom stereocenters. The van der Waals surface area contributed by atoms with Gasteiger partial charge in [-0.1, -0.05) is 6.08 Å². The van der Waals surface area contributed by atoms with Crippen LogP contribution in [-0.4, -0.2) is 35.6 Å². The highest BCUT2D eigenvalue weighted by Gasteiger charge is 2.13. The zero-order valence-corrected chi connectivity index (χ0v) is 12.4. The number of fused-ring (bicyclic) bond motifs is 1. The number of amides is 1. The summed E-state index contributed by atoms with van der Waals surface area (Å²) >= 11 is 0. The van der Waals surface area contributed by atoms with Crippen LogP contribution < -0.4 is 20.1 Å². The van der Waals surface area contributed by atoms with E-state index in [1.807, 2.05) is 18.2 Å². The third-order valence-corrected chi connectivity index (χ3v) is 3.09. The van der Waals surface area contributed by atoms with Gasteiger partial charge in [0, 0.05) is 24.5 Å². The Morgan fingerprint density at radius 1 is 1.26 bits per heavy atom. The van der Waals surface area contributed by atoms with E-state index in [1.165, 1.54) is 6.20 Å². The summed E-state index contributed by atoms with van der Waals surface area (Å²) in [5.41, 5.74) is 1.03. The Hall–Kier alpha value is -3.09. The van der Waals surface area contributed by atoms with Crippen molar-refractivity contribution >= 4 is 17.5 Å². The topological polar surface area (TPSA) is 85.4 Å². The van der Waals surface area contributed by atoms with Crippen LogP contribution in [0.3, 0.4) is 0 Å². The zero-order chi connectivity index (χ0) is 16.1. The largest absolute Gasteiger partial charge is 0.486 e. The molecule has 1 aliphatic heterocycles. The number of hydrogen-bond acceptors (Lipinski definition) is 6. The molecule has 0 saturated heterocycles. The van der Waals surface area contributed by atoms with E-state index in [4.69, 9.17) is 9.47 Å². The quantitative estimate of drug-likeness (QED) is 0.820. The van der Waals surface area contributed by atoms with Gasteiger partial charge in [-0.2, -0.15) is 0 Å². The van der Waals surface area contributed by atoms with Gasteiger partial charge in [0.05, 0.1) is 0 Å². The number of rotatable bonds is 5. The molecule has 7 nitrogen and oxygen atoms in total. The van der Waals surface area contributed by atoms with Crippen molar-refractivity contribution < 1.29 is 14.3 Å². The van der Waals surface area contributed by atoms with Gasteiger partial charge in [-0.05, 0) is 18.2 Å². The maximum Gasteiger partial charge on any atom is 0.270 e. The van der Waals surface area contributed by atoms with Gasteiger partial charge in [0.25, 0.3) is 5.91 Å². The third-order valence-electron chi connectivity index (χ3n) is 3.09. The fraction of sp³-hybridized carbons (Fsp3) is 0.188. The van der Waals surface area contributed by atoms with Crippen molar-refractivity contribution in [3.63, 3.8) is 0 Å². The number of nitrogens with zero attached hydrogens (tertiary/aromatic N) is 2. The van der Waals surface area contributed by atoms with Crippen molar-refractivity contribution in [2.24, 2.45) is 0 Å². The van der Waals surface area contributed by atoms with Crippen molar-refractivity contribution in [2.75, 3.05) is 25.1 Å². The molecule has 2 N–H and O–H groups in total. The second-order valence-corrected chi connectivity index (χ2v) is 4.75. The van der Waals surface area contributed by atoms with Crippen molar-refractivity contribution in [3.8, 4) is 11.5 Å². The number of carbonyl (C=O) groups excluding carboxylic acids is 1. The minimum absolute atomic E-state index is 0.280. The van der Waals surface area contributed by atoms with Gasteiger partial charge in [-0.25, -0.2) is 9.97 Å². The molecular formula is C16H16N4O3. The summed E-state index contributed by atoms with van der Waals surface area (Å²) in [5.74, 6) is 1.42. The minimum atomic E-state index is -0.280. The number of aromatic nitrogens is 2. The number of ether oxygens (including phenoxy) is 2. The van der Waals surface area contributed by atoms with Crippen LogP contribution in [0.2, 0.25) is 0 Å². The molecule has 118 valence electrons. The summed E-state index contributed by atoms with van der Waals surface area (Å²) < 4.78 is 11.0. The van der Waals surface area contributed by atoms with Gasteiger partial charge in [0.15, 0.2) is 11.5 Å². The average molecular weight is 312 g/mol. The number of nitrogens with one attached hydrogen (secondary N) is 2. The zero-order valence-electron chi connectivity index (χ0n) is 12.4. The average Bonchev–Trinajstić information content (AvgIpc) is 2.60. The van der Waals surface area contributed by atoms with E-state index in [0.29, 0.717) is 37.2 Å². The SMILES string of the molecule is C=CCNC(=O)c1ccnc(Nc2ccc3c(c2)OCCO3)n1. The standard InChI is InChI=1S/C16H16N4O3/c1-2-6-17-15(21)12-5-7-18-16(20-12)19-11-3-4-13-14(10-11)23-9-8-22-13/h2-5,7,10H,1,6,8-9H2,(H,17,21)(H,18,19,20). The van der Waals surface area contributed by atoms with Crippen molar-refractivity contribution in [2.45, 2.75) is 0 Å². The molecule has 0 saturated carbocycles. The molecule has 0 fully saturated rings. The summed E-state index contributed by atoms with van der Waals surface area (Å²) in [6.07, 6.45) is 3.13. The Labute approximate surface area is 133 Å². The van der Waals surface area contributed by atoms with Crippen LogP contribution in [0.1, 0.15) is 10.5 Å². The van der Waals surface area contributed by atoms with Crippen LogP contribution in [0.5, 0.6) is 11.5 Å². The smallest absolute Gasteiger partial charge is 0.270 e. The predicted molar refractivity (Wildman–Crippen MR) is 85.3 cm³/mol. The molecule has 1 aromatic carbocycles. The van der Waals surface area contributed by atoms with E-state index in [0.717, 1.165) is 5.69 Å². The van der Waals surface area contributed by atoms with Crippen LogP contribution >= 0.6 is 0 Å². The number of benzene rings is 1. The molecular weight excluding hydrogens is 296 g/mol. The lowest BCUT2D eigenvalue weighted by molar-refractivity contribution is 0.0953. The van der Waals surface area contributed by atoms with Gasteiger partial charge in [0.1, 0.15) is 18.9 Å². The fourth-order valence-corrected chi connectivity index (χ4v) is 2.05. The van der Waals surface area contributed by atoms with Crippen LogP contribution in [0.25, 0.3) is 0 Å². The van der Waals surface area contributed by atoms with E-state index in [-0.39, 0.29) is 11.6 Å². The Bertz CT molecular complexity index is 733. The number of hydrogen-bond donors (Lipinski definition) is 2. The highest BCUT2D eigenvalue weighted by molar-refractivity contribution is 5.92.